The van der Waals surface area contributed by atoms with Crippen LogP contribution in [0, 0.1) is 0 Å². The van der Waals surface area contributed by atoms with Crippen molar-refractivity contribution in [2.75, 3.05) is 0 Å². The van der Waals surface area contributed by atoms with Crippen molar-refractivity contribution in [2.24, 2.45) is 0 Å². The van der Waals surface area contributed by atoms with E-state index in [0.717, 1.165) is 18.2 Å². The molecule has 8 heteroatoms. The maximum Gasteiger partial charge on any atom is 0.573 e. The molecule has 0 saturated heterocycles. The molecule has 94 valence electrons. The predicted molar refractivity (Wildman–Crippen MR) is 45.1 cm³/mol. The van der Waals surface area contributed by atoms with Gasteiger partial charge in [0.1, 0.15) is 11.5 Å². The summed E-state index contributed by atoms with van der Waals surface area (Å²) in [6, 6.07) is 2.27. The van der Waals surface area contributed by atoms with Crippen LogP contribution < -0.4 is 9.47 Å². The number of carbonyl (C=O) groups is 1. The first-order valence-corrected chi connectivity index (χ1v) is 4.11. The van der Waals surface area contributed by atoms with Gasteiger partial charge in [-0.05, 0) is 18.2 Å². The van der Waals surface area contributed by atoms with Gasteiger partial charge >= 0.3 is 13.0 Å². The van der Waals surface area contributed by atoms with Gasteiger partial charge in [0.15, 0.2) is 6.29 Å². The summed E-state index contributed by atoms with van der Waals surface area (Å²) in [6.45, 7) is -3.14. The molecule has 0 aromatic heterocycles. The second kappa shape index (κ2) is 4.98. The molecule has 1 rings (SSSR count). The fourth-order valence-electron chi connectivity index (χ4n) is 1.01. The van der Waals surface area contributed by atoms with E-state index in [9.17, 15) is 26.7 Å². The Morgan fingerprint density at radius 1 is 1.24 bits per heavy atom. The highest BCUT2D eigenvalue weighted by molar-refractivity contribution is 5.80. The van der Waals surface area contributed by atoms with Gasteiger partial charge in [0.2, 0.25) is 0 Å². The quantitative estimate of drug-likeness (QED) is 0.613. The number of alkyl halides is 5. The molecule has 1 aromatic rings. The molecule has 0 aliphatic rings. The molecular weight excluding hydrogens is 251 g/mol. The van der Waals surface area contributed by atoms with Crippen molar-refractivity contribution in [3.05, 3.63) is 23.8 Å². The Bertz CT molecular complexity index is 402. The fraction of sp³-hybridized carbons (Fsp3) is 0.222. The molecule has 0 saturated carbocycles. The molecule has 0 atom stereocenters. The van der Waals surface area contributed by atoms with Gasteiger partial charge in [-0.1, -0.05) is 0 Å². The van der Waals surface area contributed by atoms with E-state index >= 15 is 0 Å². The molecule has 0 bridgehead atoms. The van der Waals surface area contributed by atoms with Gasteiger partial charge < -0.3 is 9.47 Å². The van der Waals surface area contributed by atoms with Crippen molar-refractivity contribution in [1.29, 1.82) is 0 Å². The number of ether oxygens (including phenoxy) is 2. The van der Waals surface area contributed by atoms with Crippen LogP contribution in [-0.4, -0.2) is 19.3 Å². The molecule has 0 unspecified atom stereocenters. The van der Waals surface area contributed by atoms with E-state index < -0.39 is 30.0 Å². The van der Waals surface area contributed by atoms with Gasteiger partial charge in [0.05, 0.1) is 5.56 Å². The number of hydrogen-bond acceptors (Lipinski definition) is 3. The Labute approximate surface area is 91.7 Å². The Kier molecular flexibility index (Phi) is 3.87. The van der Waals surface area contributed by atoms with Crippen LogP contribution in [0.15, 0.2) is 18.2 Å². The molecule has 0 spiro atoms. The smallest absolute Gasteiger partial charge is 0.435 e. The number of aldehydes is 1. The van der Waals surface area contributed by atoms with Crippen molar-refractivity contribution in [3.63, 3.8) is 0 Å². The topological polar surface area (TPSA) is 35.5 Å². The lowest BCUT2D eigenvalue weighted by atomic mass is 10.2. The molecule has 0 aliphatic carbocycles. The molecule has 0 amide bonds. The minimum Gasteiger partial charge on any atom is -0.435 e. The van der Waals surface area contributed by atoms with Crippen LogP contribution in [0.2, 0.25) is 0 Å². The first-order valence-electron chi connectivity index (χ1n) is 4.11. The van der Waals surface area contributed by atoms with Gasteiger partial charge in [-0.25, -0.2) is 0 Å². The number of carbonyl (C=O) groups excluding carboxylic acids is 1. The minimum atomic E-state index is -4.97. The first kappa shape index (κ1) is 13.2. The highest BCUT2D eigenvalue weighted by Gasteiger charge is 2.32. The van der Waals surface area contributed by atoms with Crippen molar-refractivity contribution < 1.29 is 36.2 Å². The van der Waals surface area contributed by atoms with Crippen LogP contribution in [0.3, 0.4) is 0 Å². The average Bonchev–Trinajstić information content (AvgIpc) is 2.17. The molecule has 0 aliphatic heterocycles. The summed E-state index contributed by atoms with van der Waals surface area (Å²) >= 11 is 0. The Balaban J connectivity index is 2.97. The normalized spacial score (nSPS) is 11.4. The summed E-state index contributed by atoms with van der Waals surface area (Å²) in [7, 11) is 0. The third-order valence-corrected chi connectivity index (χ3v) is 1.56. The second-order valence-corrected chi connectivity index (χ2v) is 2.74. The predicted octanol–water partition coefficient (Wildman–Crippen LogP) is 3.00. The average molecular weight is 256 g/mol. The maximum absolute atomic E-state index is 11.9. The van der Waals surface area contributed by atoms with E-state index in [4.69, 9.17) is 0 Å². The molecule has 1 aromatic carbocycles. The largest absolute Gasteiger partial charge is 0.573 e. The van der Waals surface area contributed by atoms with E-state index in [1.165, 1.54) is 0 Å². The lowest BCUT2D eigenvalue weighted by Crippen LogP contribution is -2.18. The van der Waals surface area contributed by atoms with Gasteiger partial charge in [-0.3, -0.25) is 4.79 Å². The van der Waals surface area contributed by atoms with Gasteiger partial charge in [0, 0.05) is 0 Å². The van der Waals surface area contributed by atoms with Crippen LogP contribution in [0.25, 0.3) is 0 Å². The summed E-state index contributed by atoms with van der Waals surface area (Å²) in [6.07, 6.45) is -4.93. The van der Waals surface area contributed by atoms with E-state index in [1.807, 2.05) is 0 Å². The van der Waals surface area contributed by atoms with Crippen LogP contribution in [0.4, 0.5) is 22.0 Å². The first-order chi connectivity index (χ1) is 7.81. The van der Waals surface area contributed by atoms with Crippen LogP contribution >= 0.6 is 0 Å². The lowest BCUT2D eigenvalue weighted by molar-refractivity contribution is -0.274. The van der Waals surface area contributed by atoms with Gasteiger partial charge in [-0.15, -0.1) is 13.2 Å². The summed E-state index contributed by atoms with van der Waals surface area (Å²) in [5, 5.41) is 0. The minimum absolute atomic E-state index is 0.0411. The Morgan fingerprint density at radius 3 is 2.35 bits per heavy atom. The van der Waals surface area contributed by atoms with Crippen LogP contribution in [-0.2, 0) is 0 Å². The Morgan fingerprint density at radius 2 is 1.88 bits per heavy atom. The number of hydrogen-bond donors (Lipinski definition) is 0. The molecule has 0 heterocycles. The molecular formula is C9H5F5O3. The van der Waals surface area contributed by atoms with Gasteiger partial charge in [0.25, 0.3) is 0 Å². The molecule has 0 N–H and O–H groups in total. The van der Waals surface area contributed by atoms with E-state index in [1.54, 1.807) is 0 Å². The monoisotopic (exact) mass is 256 g/mol. The van der Waals surface area contributed by atoms with Crippen LogP contribution in [0.5, 0.6) is 11.5 Å². The zero-order valence-corrected chi connectivity index (χ0v) is 8.00. The standard InChI is InChI=1S/C9H5F5O3/c10-8(11)16-6-1-2-7(5(3-6)4-15)17-9(12,13)14/h1-4,8H. The summed E-state index contributed by atoms with van der Waals surface area (Å²) in [4.78, 5) is 10.5. The summed E-state index contributed by atoms with van der Waals surface area (Å²) in [5.41, 5.74) is -0.541. The third-order valence-electron chi connectivity index (χ3n) is 1.56. The van der Waals surface area contributed by atoms with E-state index in [2.05, 4.69) is 9.47 Å². The van der Waals surface area contributed by atoms with Gasteiger partial charge in [-0.2, -0.15) is 8.78 Å². The molecule has 0 radical (unpaired) electrons. The SMILES string of the molecule is O=Cc1cc(OC(F)F)ccc1OC(F)(F)F. The molecule has 3 nitrogen and oxygen atoms in total. The number of benzene rings is 1. The number of halogens is 5. The third kappa shape index (κ3) is 4.25. The van der Waals surface area contributed by atoms with Crippen molar-refractivity contribution in [3.8, 4) is 11.5 Å². The summed E-state index contributed by atoms with van der Waals surface area (Å²) in [5.74, 6) is -1.22. The van der Waals surface area contributed by atoms with E-state index in [-0.39, 0.29) is 6.29 Å². The highest BCUT2D eigenvalue weighted by atomic mass is 19.4. The van der Waals surface area contributed by atoms with Crippen LogP contribution in [0.1, 0.15) is 10.4 Å². The second-order valence-electron chi connectivity index (χ2n) is 2.74. The lowest BCUT2D eigenvalue weighted by Gasteiger charge is -2.12. The number of rotatable bonds is 4. The fourth-order valence-corrected chi connectivity index (χ4v) is 1.01. The Hall–Kier alpha value is -1.86. The zero-order valence-electron chi connectivity index (χ0n) is 8.00. The highest BCUT2D eigenvalue weighted by Crippen LogP contribution is 2.28. The van der Waals surface area contributed by atoms with Crippen molar-refractivity contribution in [1.82, 2.24) is 0 Å². The maximum atomic E-state index is 11.9. The van der Waals surface area contributed by atoms with E-state index in [0.29, 0.717) is 0 Å². The van der Waals surface area contributed by atoms with Crippen molar-refractivity contribution >= 4 is 6.29 Å². The zero-order chi connectivity index (χ0) is 13.1. The van der Waals surface area contributed by atoms with Crippen molar-refractivity contribution in [2.45, 2.75) is 13.0 Å². The molecule has 0 fully saturated rings. The molecule has 17 heavy (non-hydrogen) atoms. The summed E-state index contributed by atoms with van der Waals surface area (Å²) < 4.78 is 66.7.